The van der Waals surface area contributed by atoms with Crippen LogP contribution in [0.2, 0.25) is 0 Å². The maximum Gasteiger partial charge on any atom is 0.527 e. The van der Waals surface area contributed by atoms with E-state index in [1.807, 2.05) is 10.1 Å². The summed E-state index contributed by atoms with van der Waals surface area (Å²) in [6.45, 7) is 0. The average molecular weight is 656 g/mol. The van der Waals surface area contributed by atoms with E-state index in [0.29, 0.717) is 6.07 Å². The molecular weight excluding hydrogens is 645 g/mol. The third-order valence-corrected chi connectivity index (χ3v) is 5.11. The minimum Gasteiger partial charge on any atom is -0.496 e. The zero-order chi connectivity index (χ0) is 30.2. The molecule has 0 fully saturated rings. The molecule has 1 N–H and O–H groups in total. The van der Waals surface area contributed by atoms with Crippen molar-refractivity contribution in [3.8, 4) is 5.75 Å². The van der Waals surface area contributed by atoms with Crippen LogP contribution < -0.4 is 10.1 Å². The molecule has 0 aromatic heterocycles. The maximum absolute atomic E-state index is 14.4. The molecule has 39 heavy (non-hydrogen) atoms. The first-order valence-electron chi connectivity index (χ1n) is 9.59. The third-order valence-electron chi connectivity index (χ3n) is 4.49. The molecule has 0 aliphatic heterocycles. The number of hydrogen-bond acceptors (Lipinski definition) is 4. The number of nitrogens with one attached hydrogen (secondary N) is 1. The first-order valence-corrected chi connectivity index (χ1v) is 10.4. The van der Waals surface area contributed by atoms with Gasteiger partial charge in [-0.1, -0.05) is 12.1 Å². The van der Waals surface area contributed by atoms with Gasteiger partial charge in [-0.25, -0.2) is 9.47 Å². The number of carbonyl (C=O) groups is 1. The van der Waals surface area contributed by atoms with Crippen molar-refractivity contribution >= 4 is 27.5 Å². The summed E-state index contributed by atoms with van der Waals surface area (Å²) in [5.41, 5.74) is -2.75. The van der Waals surface area contributed by atoms with Crippen LogP contribution >= 0.6 is 15.9 Å². The number of amides is 1. The second-order valence-electron chi connectivity index (χ2n) is 7.23. The molecule has 5 nitrogen and oxygen atoms in total. The average Bonchev–Trinajstić information content (AvgIpc) is 2.76. The Balaban J connectivity index is 2.33. The van der Waals surface area contributed by atoms with Crippen molar-refractivity contribution in [2.75, 3.05) is 12.4 Å². The first-order chi connectivity index (χ1) is 17.5. The van der Waals surface area contributed by atoms with Crippen LogP contribution in [0.3, 0.4) is 0 Å². The summed E-state index contributed by atoms with van der Waals surface area (Å²) in [5.74, 6) is -14.3. The Bertz CT molecular complexity index is 1200. The van der Waals surface area contributed by atoms with Crippen molar-refractivity contribution in [2.24, 2.45) is 0 Å². The molecule has 0 saturated heterocycles. The lowest BCUT2D eigenvalue weighted by Gasteiger charge is -2.35. The molecule has 0 spiro atoms. The van der Waals surface area contributed by atoms with Gasteiger partial charge >= 0.3 is 36.5 Å². The van der Waals surface area contributed by atoms with Crippen molar-refractivity contribution in [3.05, 3.63) is 58.1 Å². The number of benzene rings is 2. The molecule has 19 heteroatoms. The summed E-state index contributed by atoms with van der Waals surface area (Å²) < 4.78 is 181. The zero-order valence-corrected chi connectivity index (χ0v) is 20.1. The Kier molecular flexibility index (Phi) is 8.84. The minimum absolute atomic E-state index is 0.0748. The van der Waals surface area contributed by atoms with Gasteiger partial charge in [0.15, 0.2) is 0 Å². The number of methoxy groups -OCH3 is 1. The van der Waals surface area contributed by atoms with E-state index in [4.69, 9.17) is 4.74 Å². The van der Waals surface area contributed by atoms with E-state index in [9.17, 15) is 61.9 Å². The summed E-state index contributed by atoms with van der Waals surface area (Å²) in [5, 5.41) is 1.99. The molecule has 1 amide bonds. The molecule has 218 valence electrons. The third kappa shape index (κ3) is 6.86. The van der Waals surface area contributed by atoms with Crippen LogP contribution in [0.15, 0.2) is 46.9 Å². The molecule has 0 aliphatic rings. The molecule has 0 heterocycles. The molecule has 2 rings (SSSR count). The van der Waals surface area contributed by atoms with Crippen molar-refractivity contribution < 1.29 is 76.1 Å². The van der Waals surface area contributed by atoms with Gasteiger partial charge in [0.1, 0.15) is 5.75 Å². The largest absolute Gasteiger partial charge is 0.527 e. The van der Waals surface area contributed by atoms with E-state index in [0.717, 1.165) is 6.07 Å². The lowest BCUT2D eigenvalue weighted by Crippen LogP contribution is -2.61. The van der Waals surface area contributed by atoms with Crippen molar-refractivity contribution in [1.29, 1.82) is 0 Å². The van der Waals surface area contributed by atoms with E-state index < -0.39 is 53.7 Å². The van der Waals surface area contributed by atoms with E-state index >= 15 is 0 Å². The summed E-state index contributed by atoms with van der Waals surface area (Å²) in [6.07, 6.45) is -28.0. The maximum atomic E-state index is 14.4. The van der Waals surface area contributed by atoms with Crippen molar-refractivity contribution in [1.82, 2.24) is 0 Å². The smallest absolute Gasteiger partial charge is 0.496 e. The van der Waals surface area contributed by atoms with Gasteiger partial charge in [-0.2, -0.15) is 43.9 Å². The number of rotatable bonds is 10. The van der Waals surface area contributed by atoms with Crippen LogP contribution in [0.4, 0.5) is 62.8 Å². The van der Waals surface area contributed by atoms with E-state index in [2.05, 4.69) is 15.9 Å². The van der Waals surface area contributed by atoms with Gasteiger partial charge in [0, 0.05) is 16.8 Å². The number of carbonyl (C=O) groups excluding carboxylic acids is 1. The Morgan fingerprint density at radius 1 is 0.769 bits per heavy atom. The van der Waals surface area contributed by atoms with E-state index in [-0.39, 0.29) is 27.9 Å². The van der Waals surface area contributed by atoms with Gasteiger partial charge in [-0.15, -0.1) is 13.2 Å². The minimum atomic E-state index is -7.53. The zero-order valence-electron chi connectivity index (χ0n) is 18.5. The molecule has 0 atom stereocenters. The fraction of sp³-hybridized carbons (Fsp3) is 0.350. The Morgan fingerprint density at radius 2 is 1.33 bits per heavy atom. The lowest BCUT2D eigenvalue weighted by atomic mass is 10.1. The molecule has 0 saturated carbocycles. The monoisotopic (exact) mass is 655 g/mol. The van der Waals surface area contributed by atoms with Crippen molar-refractivity contribution in [2.45, 2.75) is 36.5 Å². The Hall–Kier alpha value is -2.80. The highest BCUT2D eigenvalue weighted by atomic mass is 79.9. The molecule has 2 aromatic carbocycles. The Labute approximate surface area is 216 Å². The second kappa shape index (κ2) is 10.6. The highest BCUT2D eigenvalue weighted by Gasteiger charge is 2.80. The molecular formula is C20H11BrF13NO4. The van der Waals surface area contributed by atoms with E-state index in [1.165, 1.54) is 25.3 Å². The molecule has 0 aliphatic carbocycles. The fourth-order valence-electron chi connectivity index (χ4n) is 2.64. The van der Waals surface area contributed by atoms with Gasteiger partial charge in [-0.3, -0.25) is 4.79 Å². The van der Waals surface area contributed by atoms with Gasteiger partial charge in [0.25, 0.3) is 5.91 Å². The molecule has 0 unspecified atom stereocenters. The number of hydrogen-bond donors (Lipinski definition) is 1. The van der Waals surface area contributed by atoms with Crippen LogP contribution in [0.25, 0.3) is 0 Å². The number of halogens is 14. The Morgan fingerprint density at radius 3 is 1.85 bits per heavy atom. The second-order valence-corrected chi connectivity index (χ2v) is 8.09. The van der Waals surface area contributed by atoms with Crippen LogP contribution in [0.5, 0.6) is 5.75 Å². The number of anilines is 1. The van der Waals surface area contributed by atoms with Gasteiger partial charge < -0.3 is 10.1 Å². The number of ether oxygens (including phenoxy) is 3. The predicted molar refractivity (Wildman–Crippen MR) is 107 cm³/mol. The SMILES string of the molecule is COc1ccc(C(=O)Nc2cccc(C(F)(F)C(F)(F)OC(F)(F)C(F)(F)C(F)(F)OC(F)(F)F)c2)cc1Br. The molecule has 0 bridgehead atoms. The first kappa shape index (κ1) is 32.4. The van der Waals surface area contributed by atoms with Gasteiger partial charge in [-0.05, 0) is 46.3 Å². The van der Waals surface area contributed by atoms with Crippen LogP contribution in [-0.4, -0.2) is 43.6 Å². The highest BCUT2D eigenvalue weighted by molar-refractivity contribution is 9.10. The fourth-order valence-corrected chi connectivity index (χ4v) is 3.18. The van der Waals surface area contributed by atoms with Crippen LogP contribution in [0, 0.1) is 0 Å². The van der Waals surface area contributed by atoms with Gasteiger partial charge in [0.05, 0.1) is 11.6 Å². The lowest BCUT2D eigenvalue weighted by molar-refractivity contribution is -0.535. The number of alkyl halides is 13. The summed E-state index contributed by atoms with van der Waals surface area (Å²) >= 11 is 3.06. The molecule has 2 aromatic rings. The quantitative estimate of drug-likeness (QED) is 0.266. The van der Waals surface area contributed by atoms with Crippen LogP contribution in [-0.2, 0) is 15.4 Å². The summed E-state index contributed by atoms with van der Waals surface area (Å²) in [6, 6.07) is 5.35. The summed E-state index contributed by atoms with van der Waals surface area (Å²) in [7, 11) is 1.30. The highest BCUT2D eigenvalue weighted by Crippen LogP contribution is 2.54. The van der Waals surface area contributed by atoms with E-state index in [1.54, 1.807) is 4.74 Å². The predicted octanol–water partition coefficient (Wildman–Crippen LogP) is 7.77. The van der Waals surface area contributed by atoms with Gasteiger partial charge in [0.2, 0.25) is 0 Å². The van der Waals surface area contributed by atoms with Crippen molar-refractivity contribution in [3.63, 3.8) is 0 Å². The normalized spacial score (nSPS) is 13.8. The van der Waals surface area contributed by atoms with Crippen LogP contribution in [0.1, 0.15) is 15.9 Å². The standard InChI is InChI=1S/C20H11BrF13NO4/c1-37-13-6-5-9(7-12(13)21)14(36)35-11-4-2-3-10(8-11)15(22,23)17(26,27)38-18(28,29)16(24,25)19(30,31)39-20(32,33)34/h2-8H,1H3,(H,35,36). The topological polar surface area (TPSA) is 56.8 Å². The summed E-state index contributed by atoms with van der Waals surface area (Å²) in [4.78, 5) is 12.3. The molecule has 0 radical (unpaired) electrons.